The third-order valence-corrected chi connectivity index (χ3v) is 4.54. The van der Waals surface area contributed by atoms with Crippen molar-refractivity contribution in [3.05, 3.63) is 65.0 Å². The molecular weight excluding hydrogens is 370 g/mol. The van der Waals surface area contributed by atoms with Crippen LogP contribution in [0.4, 0.5) is 0 Å². The van der Waals surface area contributed by atoms with Gasteiger partial charge in [-0.2, -0.15) is 4.80 Å². The molecule has 1 aromatic heterocycles. The molecule has 0 aliphatic rings. The summed E-state index contributed by atoms with van der Waals surface area (Å²) < 4.78 is 10.6. The van der Waals surface area contributed by atoms with Crippen molar-refractivity contribution in [2.45, 2.75) is 32.9 Å². The fraction of sp³-hybridized carbons (Fsp3) is 0.333. The van der Waals surface area contributed by atoms with E-state index in [4.69, 9.17) is 9.47 Å². The van der Waals surface area contributed by atoms with E-state index in [1.54, 1.807) is 14.2 Å². The Morgan fingerprint density at radius 2 is 1.90 bits per heavy atom. The number of nitrogens with zero attached hydrogens (tertiary/aromatic N) is 4. The molecule has 0 fully saturated rings. The number of nitrogens with one attached hydrogen (secondary N) is 1. The smallest absolute Gasteiger partial charge is 0.244 e. The SMILES string of the molecule is COc1ccc(OC)c([C@H](C)NC(=O)Cn2nnc(Cc3ccc(C)cc3)n2)c1. The van der Waals surface area contributed by atoms with Crippen molar-refractivity contribution < 1.29 is 14.3 Å². The van der Waals surface area contributed by atoms with E-state index in [1.807, 2.05) is 56.3 Å². The fourth-order valence-corrected chi connectivity index (χ4v) is 2.97. The molecule has 152 valence electrons. The Hall–Kier alpha value is -3.42. The lowest BCUT2D eigenvalue weighted by atomic mass is 10.1. The zero-order chi connectivity index (χ0) is 20.8. The van der Waals surface area contributed by atoms with E-state index in [0.717, 1.165) is 11.1 Å². The molecule has 0 bridgehead atoms. The monoisotopic (exact) mass is 395 g/mol. The maximum absolute atomic E-state index is 12.4. The van der Waals surface area contributed by atoms with Crippen LogP contribution in [0.2, 0.25) is 0 Å². The van der Waals surface area contributed by atoms with Crippen molar-refractivity contribution in [1.82, 2.24) is 25.5 Å². The Balaban J connectivity index is 1.61. The van der Waals surface area contributed by atoms with Gasteiger partial charge in [0.1, 0.15) is 18.0 Å². The van der Waals surface area contributed by atoms with Crippen LogP contribution >= 0.6 is 0 Å². The number of aryl methyl sites for hydroxylation is 1. The molecule has 3 rings (SSSR count). The quantitative estimate of drug-likeness (QED) is 0.630. The number of ether oxygens (including phenoxy) is 2. The van der Waals surface area contributed by atoms with Crippen LogP contribution in [0.5, 0.6) is 11.5 Å². The average Bonchev–Trinajstić information content (AvgIpc) is 3.15. The number of carbonyl (C=O) groups is 1. The van der Waals surface area contributed by atoms with Crippen molar-refractivity contribution in [2.75, 3.05) is 14.2 Å². The molecule has 8 nitrogen and oxygen atoms in total. The van der Waals surface area contributed by atoms with Crippen molar-refractivity contribution in [2.24, 2.45) is 0 Å². The lowest BCUT2D eigenvalue weighted by Gasteiger charge is -2.18. The van der Waals surface area contributed by atoms with Gasteiger partial charge >= 0.3 is 0 Å². The molecule has 3 aromatic rings. The number of rotatable bonds is 8. The second-order valence-corrected chi connectivity index (χ2v) is 6.80. The van der Waals surface area contributed by atoms with Crippen LogP contribution < -0.4 is 14.8 Å². The summed E-state index contributed by atoms with van der Waals surface area (Å²) in [4.78, 5) is 13.7. The third kappa shape index (κ3) is 5.31. The topological polar surface area (TPSA) is 91.2 Å². The summed E-state index contributed by atoms with van der Waals surface area (Å²) in [5, 5.41) is 15.3. The van der Waals surface area contributed by atoms with Crippen molar-refractivity contribution in [3.8, 4) is 11.5 Å². The number of tetrazole rings is 1. The van der Waals surface area contributed by atoms with E-state index >= 15 is 0 Å². The molecule has 1 amide bonds. The van der Waals surface area contributed by atoms with Gasteiger partial charge in [-0.3, -0.25) is 4.79 Å². The van der Waals surface area contributed by atoms with Crippen molar-refractivity contribution >= 4 is 5.91 Å². The summed E-state index contributed by atoms with van der Waals surface area (Å²) in [7, 11) is 3.19. The molecule has 2 aromatic carbocycles. The minimum Gasteiger partial charge on any atom is -0.497 e. The number of aromatic nitrogens is 4. The van der Waals surface area contributed by atoms with Crippen LogP contribution in [0, 0.1) is 6.92 Å². The summed E-state index contributed by atoms with van der Waals surface area (Å²) >= 11 is 0. The Labute approximate surface area is 169 Å². The van der Waals surface area contributed by atoms with E-state index in [9.17, 15) is 4.79 Å². The Kier molecular flexibility index (Phi) is 6.43. The number of hydrogen-bond donors (Lipinski definition) is 1. The van der Waals surface area contributed by atoms with Gasteiger partial charge in [0, 0.05) is 12.0 Å². The van der Waals surface area contributed by atoms with Gasteiger partial charge in [0.05, 0.1) is 20.3 Å². The normalized spacial score (nSPS) is 11.7. The molecule has 1 atom stereocenters. The van der Waals surface area contributed by atoms with E-state index in [-0.39, 0.29) is 18.5 Å². The first-order valence-electron chi connectivity index (χ1n) is 9.32. The van der Waals surface area contributed by atoms with Gasteiger partial charge < -0.3 is 14.8 Å². The Morgan fingerprint density at radius 3 is 2.59 bits per heavy atom. The van der Waals surface area contributed by atoms with E-state index in [0.29, 0.717) is 23.7 Å². The highest BCUT2D eigenvalue weighted by Gasteiger charge is 2.16. The first kappa shape index (κ1) is 20.3. The highest BCUT2D eigenvalue weighted by molar-refractivity contribution is 5.76. The average molecular weight is 395 g/mol. The zero-order valence-corrected chi connectivity index (χ0v) is 17.0. The van der Waals surface area contributed by atoms with Gasteiger partial charge in [-0.25, -0.2) is 0 Å². The van der Waals surface area contributed by atoms with Gasteiger partial charge in [0.15, 0.2) is 5.82 Å². The summed E-state index contributed by atoms with van der Waals surface area (Å²) in [6, 6.07) is 13.3. The van der Waals surface area contributed by atoms with Crippen LogP contribution in [-0.2, 0) is 17.8 Å². The van der Waals surface area contributed by atoms with Gasteiger partial charge in [0.25, 0.3) is 0 Å². The molecule has 0 unspecified atom stereocenters. The minimum absolute atomic E-state index is 0.0163. The number of hydrogen-bond acceptors (Lipinski definition) is 6. The molecule has 8 heteroatoms. The molecule has 0 saturated carbocycles. The maximum atomic E-state index is 12.4. The summed E-state index contributed by atoms with van der Waals surface area (Å²) in [6.07, 6.45) is 0.569. The molecule has 0 radical (unpaired) electrons. The summed E-state index contributed by atoms with van der Waals surface area (Å²) in [5.74, 6) is 1.73. The predicted molar refractivity (Wildman–Crippen MR) is 108 cm³/mol. The maximum Gasteiger partial charge on any atom is 0.244 e. The Morgan fingerprint density at radius 1 is 1.14 bits per heavy atom. The molecule has 0 aliphatic carbocycles. The Bertz CT molecular complexity index is 969. The number of methoxy groups -OCH3 is 2. The van der Waals surface area contributed by atoms with E-state index < -0.39 is 0 Å². The predicted octanol–water partition coefficient (Wildman–Crippen LogP) is 2.47. The second-order valence-electron chi connectivity index (χ2n) is 6.80. The van der Waals surface area contributed by atoms with Crippen molar-refractivity contribution in [3.63, 3.8) is 0 Å². The summed E-state index contributed by atoms with van der Waals surface area (Å²) in [6.45, 7) is 3.91. The van der Waals surface area contributed by atoms with Crippen LogP contribution in [0.1, 0.15) is 35.5 Å². The molecule has 0 aliphatic heterocycles. The number of carbonyl (C=O) groups excluding carboxylic acids is 1. The van der Waals surface area contributed by atoms with E-state index in [2.05, 4.69) is 20.7 Å². The van der Waals surface area contributed by atoms with Crippen LogP contribution in [0.15, 0.2) is 42.5 Å². The van der Waals surface area contributed by atoms with Crippen LogP contribution in [-0.4, -0.2) is 40.3 Å². The molecule has 1 N–H and O–H groups in total. The second kappa shape index (κ2) is 9.18. The van der Waals surface area contributed by atoms with Crippen LogP contribution in [0.25, 0.3) is 0 Å². The van der Waals surface area contributed by atoms with Crippen molar-refractivity contribution in [1.29, 1.82) is 0 Å². The first-order chi connectivity index (χ1) is 14.0. The lowest BCUT2D eigenvalue weighted by molar-refractivity contribution is -0.122. The zero-order valence-electron chi connectivity index (χ0n) is 17.0. The largest absolute Gasteiger partial charge is 0.497 e. The molecular formula is C21H25N5O3. The molecule has 29 heavy (non-hydrogen) atoms. The third-order valence-electron chi connectivity index (χ3n) is 4.54. The highest BCUT2D eigenvalue weighted by atomic mass is 16.5. The fourth-order valence-electron chi connectivity index (χ4n) is 2.97. The molecule has 1 heterocycles. The van der Waals surface area contributed by atoms with Gasteiger partial charge in [-0.05, 0) is 42.8 Å². The standard InChI is InChI=1S/C21H25N5O3/c1-14-5-7-16(8-6-14)11-20-23-25-26(24-20)13-21(27)22-15(2)18-12-17(28-3)9-10-19(18)29-4/h5-10,12,15H,11,13H2,1-4H3,(H,22,27)/t15-/m0/s1. The van der Waals surface area contributed by atoms with Gasteiger partial charge in [-0.15, -0.1) is 10.2 Å². The van der Waals surface area contributed by atoms with Crippen LogP contribution in [0.3, 0.4) is 0 Å². The minimum atomic E-state index is -0.275. The number of benzene rings is 2. The van der Waals surface area contributed by atoms with Gasteiger partial charge in [-0.1, -0.05) is 29.8 Å². The van der Waals surface area contributed by atoms with Gasteiger partial charge in [0.2, 0.25) is 5.91 Å². The molecule has 0 saturated heterocycles. The van der Waals surface area contributed by atoms with E-state index in [1.165, 1.54) is 10.4 Å². The number of amides is 1. The summed E-state index contributed by atoms with van der Waals surface area (Å²) in [5.41, 5.74) is 3.12. The molecule has 0 spiro atoms. The highest BCUT2D eigenvalue weighted by Crippen LogP contribution is 2.29. The first-order valence-corrected chi connectivity index (χ1v) is 9.32. The lowest BCUT2D eigenvalue weighted by Crippen LogP contribution is -2.31.